The maximum absolute atomic E-state index is 5.93. The van der Waals surface area contributed by atoms with Crippen LogP contribution in [-0.2, 0) is 0 Å². The predicted molar refractivity (Wildman–Crippen MR) is 139 cm³/mol. The third-order valence-corrected chi connectivity index (χ3v) is 7.93. The van der Waals surface area contributed by atoms with Crippen molar-refractivity contribution in [3.63, 3.8) is 0 Å². The molecule has 1 fully saturated rings. The van der Waals surface area contributed by atoms with Gasteiger partial charge >= 0.3 is 207 Å². The average Bonchev–Trinajstić information content (AvgIpc) is 3.30. The van der Waals surface area contributed by atoms with Crippen LogP contribution in [0.3, 0.4) is 0 Å². The van der Waals surface area contributed by atoms with E-state index < -0.39 is 0 Å². The molecular weight excluding hydrogens is 483 g/mol. The van der Waals surface area contributed by atoms with Gasteiger partial charge in [-0.25, -0.2) is 0 Å². The van der Waals surface area contributed by atoms with Gasteiger partial charge in [0.2, 0.25) is 0 Å². The summed E-state index contributed by atoms with van der Waals surface area (Å²) >= 11 is 1.52. The fraction of sp³-hybridized carbons (Fsp3) is 0.259. The predicted octanol–water partition coefficient (Wildman–Crippen LogP) is 3.50. The number of aromatic nitrogens is 5. The summed E-state index contributed by atoms with van der Waals surface area (Å²) in [6.45, 7) is 0.788. The Kier molecular flexibility index (Phi) is 5.64. The van der Waals surface area contributed by atoms with E-state index in [1.54, 1.807) is 6.20 Å². The van der Waals surface area contributed by atoms with Crippen LogP contribution in [0.4, 0.5) is 0 Å². The molecule has 1 unspecified atom stereocenters. The van der Waals surface area contributed by atoms with Crippen LogP contribution in [0.2, 0.25) is 0 Å². The van der Waals surface area contributed by atoms with E-state index in [2.05, 4.69) is 44.8 Å². The Morgan fingerprint density at radius 3 is 2.56 bits per heavy atom. The van der Waals surface area contributed by atoms with E-state index in [0.717, 1.165) is 68.8 Å². The van der Waals surface area contributed by atoms with Gasteiger partial charge in [0.15, 0.2) is 0 Å². The Balaban J connectivity index is 1.46. The molecule has 1 aliphatic carbocycles. The molecule has 2 N–H and O–H groups in total. The molecule has 0 bridgehead atoms. The number of nitrogens with zero attached hydrogens (tertiary/aromatic N) is 5. The maximum atomic E-state index is 5.93. The van der Waals surface area contributed by atoms with Crippen LogP contribution < -0.4 is 10.2 Å². The first kappa shape index (κ1) is 21.5. The van der Waals surface area contributed by atoms with Crippen LogP contribution in [0.15, 0.2) is 67.1 Å². The molecule has 0 saturated heterocycles. The van der Waals surface area contributed by atoms with Crippen molar-refractivity contribution in [2.45, 2.75) is 31.6 Å². The van der Waals surface area contributed by atoms with Crippen molar-refractivity contribution in [3.05, 3.63) is 72.9 Å². The second-order valence-corrected chi connectivity index (χ2v) is 10.3. The van der Waals surface area contributed by atoms with E-state index in [-0.39, 0.29) is 0 Å². The summed E-state index contributed by atoms with van der Waals surface area (Å²) in [6, 6.07) is 16.5. The SMILES string of the molecule is NCC1CCC(c2nc(-c3ccc4ccc(-c5ccccn5)nc4c3)c3c([AsH2])nccn23)CC1. The van der Waals surface area contributed by atoms with Gasteiger partial charge in [-0.1, -0.05) is 0 Å². The zero-order valence-electron chi connectivity index (χ0n) is 18.9. The second kappa shape index (κ2) is 8.93. The topological polar surface area (TPSA) is 82.0 Å². The van der Waals surface area contributed by atoms with Gasteiger partial charge in [0, 0.05) is 0 Å². The van der Waals surface area contributed by atoms with Gasteiger partial charge in [-0.2, -0.15) is 0 Å². The number of hydrogen-bond donors (Lipinski definition) is 1. The quantitative estimate of drug-likeness (QED) is 0.375. The van der Waals surface area contributed by atoms with E-state index in [4.69, 9.17) is 15.7 Å². The molecule has 4 aromatic heterocycles. The molecule has 7 heteroatoms. The summed E-state index contributed by atoms with van der Waals surface area (Å²) in [7, 11) is 0. The third kappa shape index (κ3) is 3.81. The first-order chi connectivity index (χ1) is 16.7. The molecule has 1 aliphatic rings. The summed E-state index contributed by atoms with van der Waals surface area (Å²) in [4.78, 5) is 19.3. The number of nitrogens with two attached hydrogens (primary N) is 1. The monoisotopic (exact) mass is 510 g/mol. The van der Waals surface area contributed by atoms with E-state index >= 15 is 0 Å². The molecule has 4 heterocycles. The minimum absolute atomic E-state index is 0.452. The Morgan fingerprint density at radius 1 is 0.912 bits per heavy atom. The van der Waals surface area contributed by atoms with Crippen molar-refractivity contribution in [3.8, 4) is 22.6 Å². The molecule has 6 nitrogen and oxygen atoms in total. The van der Waals surface area contributed by atoms with Crippen LogP contribution in [0.25, 0.3) is 39.1 Å². The Labute approximate surface area is 207 Å². The molecule has 1 aromatic carbocycles. The van der Waals surface area contributed by atoms with Crippen LogP contribution in [0.1, 0.15) is 37.4 Å². The summed E-state index contributed by atoms with van der Waals surface area (Å²) < 4.78 is 3.32. The summed E-state index contributed by atoms with van der Waals surface area (Å²) in [5, 5.41) is 1.10. The Hall–Kier alpha value is -3.08. The van der Waals surface area contributed by atoms with E-state index in [0.29, 0.717) is 11.8 Å². The number of benzene rings is 1. The number of rotatable bonds is 4. The zero-order chi connectivity index (χ0) is 23.1. The average molecular weight is 510 g/mol. The Morgan fingerprint density at radius 2 is 1.76 bits per heavy atom. The standard InChI is InChI=1S/C27H27AsN6/c28-26-25-24(33-27(34(25)14-13-31-26)19-6-4-17(16-29)5-7-19)20-9-8-18-10-11-22(32-23(18)15-20)21-3-1-2-12-30-21/h1-3,8-15,17,19H,4-7,16,28-29H2. The molecule has 6 rings (SSSR count). The minimum atomic E-state index is 0.452. The number of fused-ring (bicyclic) bond motifs is 2. The second-order valence-electron chi connectivity index (χ2n) is 9.12. The third-order valence-electron chi connectivity index (χ3n) is 7.05. The molecule has 34 heavy (non-hydrogen) atoms. The summed E-state index contributed by atoms with van der Waals surface area (Å²) in [5.41, 5.74) is 11.8. The van der Waals surface area contributed by atoms with Gasteiger partial charge in [0.1, 0.15) is 0 Å². The molecule has 0 spiro atoms. The van der Waals surface area contributed by atoms with E-state index in [1.165, 1.54) is 29.7 Å². The van der Waals surface area contributed by atoms with Crippen molar-refractivity contribution >= 4 is 37.8 Å². The molecule has 0 aliphatic heterocycles. The first-order valence-electron chi connectivity index (χ1n) is 11.9. The normalized spacial score (nSPS) is 18.5. The van der Waals surface area contributed by atoms with Crippen molar-refractivity contribution in [1.29, 1.82) is 0 Å². The molecule has 1 atom stereocenters. The first-order valence-corrected chi connectivity index (χ1v) is 13.1. The van der Waals surface area contributed by atoms with Gasteiger partial charge in [0.05, 0.1) is 0 Å². The molecule has 0 radical (unpaired) electrons. The molecule has 0 amide bonds. The zero-order valence-corrected chi connectivity index (χ0v) is 21.4. The number of pyridine rings is 2. The van der Waals surface area contributed by atoms with E-state index in [1.807, 2.05) is 30.5 Å². The van der Waals surface area contributed by atoms with Crippen LogP contribution in [-0.4, -0.2) is 47.7 Å². The van der Waals surface area contributed by atoms with E-state index in [9.17, 15) is 0 Å². The fourth-order valence-electron chi connectivity index (χ4n) is 5.15. The Bertz CT molecular complexity index is 1470. The molecule has 5 aromatic rings. The van der Waals surface area contributed by atoms with Gasteiger partial charge in [-0.15, -0.1) is 0 Å². The van der Waals surface area contributed by atoms with Gasteiger partial charge in [-0.05, 0) is 0 Å². The van der Waals surface area contributed by atoms with Crippen molar-refractivity contribution in [2.24, 2.45) is 11.7 Å². The van der Waals surface area contributed by atoms with Crippen LogP contribution in [0.5, 0.6) is 0 Å². The summed E-state index contributed by atoms with van der Waals surface area (Å²) in [5.74, 6) is 2.25. The van der Waals surface area contributed by atoms with Crippen LogP contribution in [0, 0.1) is 5.92 Å². The summed E-state index contributed by atoms with van der Waals surface area (Å²) in [6.07, 6.45) is 10.4. The fourth-order valence-corrected chi connectivity index (χ4v) is 5.91. The number of imidazole rings is 1. The van der Waals surface area contributed by atoms with Crippen molar-refractivity contribution in [2.75, 3.05) is 6.54 Å². The molecular formula is C27H27AsN6. The molecule has 170 valence electrons. The molecule has 1 saturated carbocycles. The van der Waals surface area contributed by atoms with Crippen LogP contribution >= 0.6 is 0 Å². The van der Waals surface area contributed by atoms with Crippen molar-refractivity contribution < 1.29 is 0 Å². The van der Waals surface area contributed by atoms with Crippen molar-refractivity contribution in [1.82, 2.24) is 24.3 Å². The number of hydrogen-bond acceptors (Lipinski definition) is 5. The van der Waals surface area contributed by atoms with Gasteiger partial charge < -0.3 is 0 Å². The van der Waals surface area contributed by atoms with Gasteiger partial charge in [0.25, 0.3) is 0 Å². The van der Waals surface area contributed by atoms with Gasteiger partial charge in [-0.3, -0.25) is 0 Å².